The van der Waals surface area contributed by atoms with Gasteiger partial charge in [0, 0.05) is 17.5 Å². The number of nitrogens with zero attached hydrogens (tertiary/aromatic N) is 4. The number of ketones is 1. The molecule has 0 atom stereocenters. The average molecular weight is 371 g/mol. The summed E-state index contributed by atoms with van der Waals surface area (Å²) in [6, 6.07) is 17.0. The second kappa shape index (κ2) is 7.40. The maximum absolute atomic E-state index is 11.6. The smallest absolute Gasteiger partial charge is 0.270 e. The van der Waals surface area contributed by atoms with Gasteiger partial charge >= 0.3 is 0 Å². The summed E-state index contributed by atoms with van der Waals surface area (Å²) in [5.74, 6) is 0.825. The van der Waals surface area contributed by atoms with Gasteiger partial charge in [0.2, 0.25) is 5.89 Å². The van der Waals surface area contributed by atoms with Gasteiger partial charge in [0.05, 0.1) is 11.9 Å². The molecule has 0 bridgehead atoms. The quantitative estimate of drug-likeness (QED) is 0.571. The van der Waals surface area contributed by atoms with Crippen molar-refractivity contribution >= 4 is 11.6 Å². The number of carbonyl (C=O) groups is 1. The topological polar surface area (TPSA) is 108 Å². The van der Waals surface area contributed by atoms with Crippen molar-refractivity contribution < 1.29 is 9.21 Å². The summed E-state index contributed by atoms with van der Waals surface area (Å²) in [5.41, 5.74) is 9.39. The number of Topliss-reactive ketones (excluding diaryl/α,β-unsaturated/α-hetero) is 1. The lowest BCUT2D eigenvalue weighted by Gasteiger charge is -2.09. The van der Waals surface area contributed by atoms with E-state index in [0.29, 0.717) is 23.7 Å². The molecule has 2 aromatic carbocycles. The zero-order chi connectivity index (χ0) is 19.5. The van der Waals surface area contributed by atoms with Crippen LogP contribution in [0.25, 0.3) is 34.3 Å². The molecule has 0 unspecified atom stereocenters. The van der Waals surface area contributed by atoms with Gasteiger partial charge in [0.25, 0.3) is 5.89 Å². The highest BCUT2D eigenvalue weighted by molar-refractivity contribution is 5.81. The molecule has 0 spiro atoms. The summed E-state index contributed by atoms with van der Waals surface area (Å²) in [6.07, 6.45) is 1.89. The second-order valence-corrected chi connectivity index (χ2v) is 6.30. The Bertz CT molecular complexity index is 1140. The van der Waals surface area contributed by atoms with Gasteiger partial charge < -0.3 is 10.2 Å². The Hall–Kier alpha value is -3.87. The van der Waals surface area contributed by atoms with Gasteiger partial charge in [0.1, 0.15) is 5.78 Å². The molecule has 4 rings (SSSR count). The fraction of sp³-hybridized carbons (Fsp3) is 0.0952. The van der Waals surface area contributed by atoms with Crippen LogP contribution in [0.4, 0.5) is 5.82 Å². The zero-order valence-corrected chi connectivity index (χ0v) is 15.2. The molecular weight excluding hydrogens is 354 g/mol. The van der Waals surface area contributed by atoms with Gasteiger partial charge in [-0.15, -0.1) is 10.2 Å². The Balaban J connectivity index is 1.75. The van der Waals surface area contributed by atoms with Crippen molar-refractivity contribution in [2.24, 2.45) is 0 Å². The molecule has 0 saturated heterocycles. The molecule has 0 aliphatic rings. The number of rotatable bonds is 5. The molecule has 0 aliphatic carbocycles. The summed E-state index contributed by atoms with van der Waals surface area (Å²) >= 11 is 0. The third-order valence-corrected chi connectivity index (χ3v) is 4.18. The Kier molecular flexibility index (Phi) is 4.63. The number of aromatic nitrogens is 4. The summed E-state index contributed by atoms with van der Waals surface area (Å²) in [4.78, 5) is 20.4. The van der Waals surface area contributed by atoms with E-state index in [9.17, 15) is 4.79 Å². The number of carbonyl (C=O) groups excluding carboxylic acids is 1. The van der Waals surface area contributed by atoms with Crippen LogP contribution in [0.1, 0.15) is 12.5 Å². The minimum Gasteiger partial charge on any atom is -0.414 e. The van der Waals surface area contributed by atoms with E-state index in [0.717, 1.165) is 16.7 Å². The summed E-state index contributed by atoms with van der Waals surface area (Å²) < 4.78 is 5.76. The molecule has 7 nitrogen and oxygen atoms in total. The first-order chi connectivity index (χ1) is 13.6. The minimum absolute atomic E-state index is 0.0699. The molecule has 138 valence electrons. The first kappa shape index (κ1) is 17.5. The third-order valence-electron chi connectivity index (χ3n) is 4.18. The van der Waals surface area contributed by atoms with E-state index in [1.54, 1.807) is 13.1 Å². The van der Waals surface area contributed by atoms with E-state index in [1.807, 2.05) is 54.6 Å². The van der Waals surface area contributed by atoms with Crippen molar-refractivity contribution in [3.63, 3.8) is 0 Å². The second-order valence-electron chi connectivity index (χ2n) is 6.30. The standard InChI is InChI=1S/C21H17N5O2/c1-13(27)11-15-9-5-6-10-16(15)17-12-23-19(22)18(24-17)21-26-25-20(28-21)14-7-3-2-4-8-14/h2-10,12H,11H2,1H3,(H2,22,23). The molecule has 0 saturated carbocycles. The summed E-state index contributed by atoms with van der Waals surface area (Å²) in [7, 11) is 0. The number of anilines is 1. The largest absolute Gasteiger partial charge is 0.414 e. The molecule has 0 amide bonds. The van der Waals surface area contributed by atoms with Crippen LogP contribution in [0.2, 0.25) is 0 Å². The Morgan fingerprint density at radius 2 is 1.71 bits per heavy atom. The van der Waals surface area contributed by atoms with E-state index in [-0.39, 0.29) is 17.5 Å². The van der Waals surface area contributed by atoms with Crippen LogP contribution in [0.15, 0.2) is 65.2 Å². The predicted molar refractivity (Wildman–Crippen MR) is 105 cm³/mol. The lowest BCUT2D eigenvalue weighted by atomic mass is 10.0. The maximum atomic E-state index is 11.6. The molecule has 28 heavy (non-hydrogen) atoms. The highest BCUT2D eigenvalue weighted by atomic mass is 16.4. The van der Waals surface area contributed by atoms with Crippen LogP contribution >= 0.6 is 0 Å². The minimum atomic E-state index is 0.0699. The van der Waals surface area contributed by atoms with E-state index >= 15 is 0 Å². The first-order valence-electron chi connectivity index (χ1n) is 8.71. The van der Waals surface area contributed by atoms with Crippen LogP contribution in [0.5, 0.6) is 0 Å². The van der Waals surface area contributed by atoms with Crippen LogP contribution < -0.4 is 5.73 Å². The summed E-state index contributed by atoms with van der Waals surface area (Å²) in [6.45, 7) is 1.56. The van der Waals surface area contributed by atoms with Gasteiger partial charge in [-0.05, 0) is 24.6 Å². The van der Waals surface area contributed by atoms with Crippen LogP contribution in [-0.2, 0) is 11.2 Å². The van der Waals surface area contributed by atoms with Crippen LogP contribution in [0.3, 0.4) is 0 Å². The van der Waals surface area contributed by atoms with Crippen molar-refractivity contribution in [2.45, 2.75) is 13.3 Å². The molecule has 2 aromatic heterocycles. The van der Waals surface area contributed by atoms with E-state index in [2.05, 4.69) is 20.2 Å². The normalized spacial score (nSPS) is 10.8. The van der Waals surface area contributed by atoms with Crippen molar-refractivity contribution in [1.29, 1.82) is 0 Å². The molecule has 2 N–H and O–H groups in total. The fourth-order valence-electron chi connectivity index (χ4n) is 2.89. The highest BCUT2D eigenvalue weighted by Crippen LogP contribution is 2.29. The number of hydrogen-bond donors (Lipinski definition) is 1. The van der Waals surface area contributed by atoms with Crippen LogP contribution in [0, 0.1) is 0 Å². The maximum Gasteiger partial charge on any atom is 0.270 e. The lowest BCUT2D eigenvalue weighted by molar-refractivity contribution is -0.116. The van der Waals surface area contributed by atoms with Crippen molar-refractivity contribution in [2.75, 3.05) is 5.73 Å². The molecular formula is C21H17N5O2. The van der Waals surface area contributed by atoms with Gasteiger partial charge in [-0.2, -0.15) is 0 Å². The summed E-state index contributed by atoms with van der Waals surface area (Å²) in [5, 5.41) is 8.15. The first-order valence-corrected chi connectivity index (χ1v) is 8.71. The molecule has 4 aromatic rings. The van der Waals surface area contributed by atoms with Gasteiger partial charge in [0.15, 0.2) is 11.5 Å². The molecule has 7 heteroatoms. The molecule has 0 fully saturated rings. The van der Waals surface area contributed by atoms with E-state index in [1.165, 1.54) is 0 Å². The zero-order valence-electron chi connectivity index (χ0n) is 15.2. The number of benzene rings is 2. The monoisotopic (exact) mass is 371 g/mol. The average Bonchev–Trinajstić information content (AvgIpc) is 3.19. The highest BCUT2D eigenvalue weighted by Gasteiger charge is 2.17. The SMILES string of the molecule is CC(=O)Cc1ccccc1-c1cnc(N)c(-c2nnc(-c3ccccc3)o2)n1. The Morgan fingerprint density at radius 1 is 1.00 bits per heavy atom. The van der Waals surface area contributed by atoms with Crippen molar-refractivity contribution in [3.8, 4) is 34.3 Å². The number of hydrogen-bond acceptors (Lipinski definition) is 7. The van der Waals surface area contributed by atoms with Gasteiger partial charge in [-0.25, -0.2) is 9.97 Å². The van der Waals surface area contributed by atoms with Crippen molar-refractivity contribution in [1.82, 2.24) is 20.2 Å². The Morgan fingerprint density at radius 3 is 2.50 bits per heavy atom. The lowest BCUT2D eigenvalue weighted by Crippen LogP contribution is -2.02. The van der Waals surface area contributed by atoms with Gasteiger partial charge in [-0.3, -0.25) is 4.79 Å². The Labute approximate surface area is 161 Å². The molecule has 0 radical (unpaired) electrons. The fourth-order valence-corrected chi connectivity index (χ4v) is 2.89. The number of nitrogens with two attached hydrogens (primary N) is 1. The molecule has 0 aliphatic heterocycles. The van der Waals surface area contributed by atoms with E-state index in [4.69, 9.17) is 10.2 Å². The van der Waals surface area contributed by atoms with E-state index < -0.39 is 0 Å². The van der Waals surface area contributed by atoms with Crippen molar-refractivity contribution in [3.05, 3.63) is 66.4 Å². The van der Waals surface area contributed by atoms with Gasteiger partial charge in [-0.1, -0.05) is 42.5 Å². The molecule has 2 heterocycles. The number of nitrogen functional groups attached to an aromatic ring is 1. The third kappa shape index (κ3) is 3.50. The predicted octanol–water partition coefficient (Wildman–Crippen LogP) is 3.57. The van der Waals surface area contributed by atoms with Crippen LogP contribution in [-0.4, -0.2) is 25.9 Å².